The van der Waals surface area contributed by atoms with E-state index in [9.17, 15) is 9.35 Å². The zero-order chi connectivity index (χ0) is 11.1. The van der Waals surface area contributed by atoms with Gasteiger partial charge in [0.05, 0.1) is 26.2 Å². The minimum absolute atomic E-state index is 0.0320. The zero-order valence-electron chi connectivity index (χ0n) is 8.68. The maximum absolute atomic E-state index is 11.6. The molecule has 1 heterocycles. The largest absolute Gasteiger partial charge is 0.616 e. The van der Waals surface area contributed by atoms with Crippen molar-refractivity contribution in [2.45, 2.75) is 6.42 Å². The van der Waals surface area contributed by atoms with Gasteiger partial charge in [0.25, 0.3) is 0 Å². The molecule has 0 aromatic rings. The minimum Gasteiger partial charge on any atom is -0.616 e. The summed E-state index contributed by atoms with van der Waals surface area (Å²) in [6, 6.07) is 0. The highest BCUT2D eigenvalue weighted by atomic mass is 32.2. The molecule has 1 rings (SSSR count). The summed E-state index contributed by atoms with van der Waals surface area (Å²) in [6.45, 7) is 2.35. The number of aliphatic hydroxyl groups excluding tert-OH is 1. The number of carbonyl (C=O) groups is 1. The second kappa shape index (κ2) is 7.05. The van der Waals surface area contributed by atoms with E-state index in [1.807, 2.05) is 0 Å². The van der Waals surface area contributed by atoms with Gasteiger partial charge in [0, 0.05) is 13.1 Å². The second-order valence-corrected chi connectivity index (χ2v) is 5.01. The average molecular weight is 235 g/mol. The Morgan fingerprint density at radius 1 is 1.40 bits per heavy atom. The van der Waals surface area contributed by atoms with E-state index in [-0.39, 0.29) is 18.3 Å². The normalized spacial score (nSPS) is 18.9. The molecule has 0 radical (unpaired) electrons. The Morgan fingerprint density at radius 2 is 2.07 bits per heavy atom. The maximum Gasteiger partial charge on any atom is 0.227 e. The number of carbonyl (C=O) groups excluding carboxylic acids is 1. The van der Waals surface area contributed by atoms with Crippen LogP contribution in [-0.4, -0.2) is 64.9 Å². The SMILES string of the molecule is O=C(CC[S+]([O-])CCO)N1CCOCC1. The van der Waals surface area contributed by atoms with Crippen LogP contribution in [-0.2, 0) is 20.7 Å². The molecule has 0 spiro atoms. The molecule has 1 unspecified atom stereocenters. The van der Waals surface area contributed by atoms with Crippen molar-refractivity contribution < 1.29 is 19.2 Å². The summed E-state index contributed by atoms with van der Waals surface area (Å²) in [7, 11) is 0. The van der Waals surface area contributed by atoms with Crippen LogP contribution in [0.3, 0.4) is 0 Å². The summed E-state index contributed by atoms with van der Waals surface area (Å²) < 4.78 is 16.3. The van der Waals surface area contributed by atoms with E-state index in [1.54, 1.807) is 4.90 Å². The summed E-state index contributed by atoms with van der Waals surface area (Å²) in [5.41, 5.74) is 0. The molecule has 0 aromatic carbocycles. The molecule has 1 aliphatic rings. The molecule has 0 bridgehead atoms. The van der Waals surface area contributed by atoms with Gasteiger partial charge in [-0.15, -0.1) is 0 Å². The third-order valence-electron chi connectivity index (χ3n) is 2.23. The molecule has 1 fully saturated rings. The number of amides is 1. The van der Waals surface area contributed by atoms with Crippen molar-refractivity contribution in [2.75, 3.05) is 44.4 Å². The molecular weight excluding hydrogens is 218 g/mol. The molecule has 1 aliphatic heterocycles. The highest BCUT2D eigenvalue weighted by Gasteiger charge is 2.18. The number of morpholine rings is 1. The monoisotopic (exact) mass is 235 g/mol. The lowest BCUT2D eigenvalue weighted by Gasteiger charge is -2.26. The Bertz CT molecular complexity index is 197. The van der Waals surface area contributed by atoms with Crippen molar-refractivity contribution in [3.63, 3.8) is 0 Å². The number of ether oxygens (including phenoxy) is 1. The number of rotatable bonds is 5. The van der Waals surface area contributed by atoms with Gasteiger partial charge in [-0.05, 0) is 0 Å². The van der Waals surface area contributed by atoms with Crippen molar-refractivity contribution in [2.24, 2.45) is 0 Å². The van der Waals surface area contributed by atoms with Gasteiger partial charge < -0.3 is 19.3 Å². The smallest absolute Gasteiger partial charge is 0.227 e. The van der Waals surface area contributed by atoms with Gasteiger partial charge in [-0.25, -0.2) is 0 Å². The molecule has 1 atom stereocenters. The number of aliphatic hydroxyl groups is 1. The lowest BCUT2D eigenvalue weighted by atomic mass is 10.3. The Balaban J connectivity index is 2.16. The van der Waals surface area contributed by atoms with Gasteiger partial charge >= 0.3 is 0 Å². The quantitative estimate of drug-likeness (QED) is 0.619. The van der Waals surface area contributed by atoms with Gasteiger partial charge in [-0.3, -0.25) is 4.79 Å². The molecule has 5 nitrogen and oxygen atoms in total. The molecule has 0 aliphatic carbocycles. The Labute approximate surface area is 92.6 Å². The van der Waals surface area contributed by atoms with Crippen LogP contribution in [0.1, 0.15) is 6.42 Å². The summed E-state index contributed by atoms with van der Waals surface area (Å²) in [4.78, 5) is 13.3. The van der Waals surface area contributed by atoms with Crippen LogP contribution in [0.5, 0.6) is 0 Å². The van der Waals surface area contributed by atoms with Crippen LogP contribution in [0.2, 0.25) is 0 Å². The van der Waals surface area contributed by atoms with Crippen LogP contribution in [0.4, 0.5) is 0 Å². The molecule has 0 aromatic heterocycles. The lowest BCUT2D eigenvalue weighted by molar-refractivity contribution is -0.134. The van der Waals surface area contributed by atoms with E-state index >= 15 is 0 Å². The van der Waals surface area contributed by atoms with Crippen molar-refractivity contribution in [3.05, 3.63) is 0 Å². The van der Waals surface area contributed by atoms with Crippen LogP contribution in [0.15, 0.2) is 0 Å². The third-order valence-corrected chi connectivity index (χ3v) is 3.52. The minimum atomic E-state index is -1.07. The summed E-state index contributed by atoms with van der Waals surface area (Å²) in [5, 5.41) is 8.55. The van der Waals surface area contributed by atoms with Crippen molar-refractivity contribution in [3.8, 4) is 0 Å². The van der Waals surface area contributed by atoms with Gasteiger partial charge in [-0.2, -0.15) is 0 Å². The van der Waals surface area contributed by atoms with E-state index in [0.717, 1.165) is 0 Å². The fraction of sp³-hybridized carbons (Fsp3) is 0.889. The molecular formula is C9H17NO4S. The highest BCUT2D eigenvalue weighted by Crippen LogP contribution is 2.02. The van der Waals surface area contributed by atoms with Gasteiger partial charge in [0.15, 0.2) is 0 Å². The van der Waals surface area contributed by atoms with Crippen LogP contribution >= 0.6 is 0 Å². The summed E-state index contributed by atoms with van der Waals surface area (Å²) in [6.07, 6.45) is 0.298. The van der Waals surface area contributed by atoms with E-state index < -0.39 is 11.2 Å². The number of hydrogen-bond donors (Lipinski definition) is 1. The average Bonchev–Trinajstić information content (AvgIpc) is 2.27. The molecule has 1 amide bonds. The Kier molecular flexibility index (Phi) is 6.00. The standard InChI is InChI=1S/C9H17NO4S/c11-4-8-15(13)7-1-9(12)10-2-5-14-6-3-10/h11H,1-8H2. The lowest BCUT2D eigenvalue weighted by Crippen LogP contribution is -2.41. The van der Waals surface area contributed by atoms with Crippen LogP contribution < -0.4 is 0 Å². The first kappa shape index (κ1) is 12.8. The third kappa shape index (κ3) is 4.83. The van der Waals surface area contributed by atoms with E-state index in [1.165, 1.54) is 0 Å². The van der Waals surface area contributed by atoms with E-state index in [4.69, 9.17) is 9.84 Å². The fourth-order valence-electron chi connectivity index (χ4n) is 1.38. The Morgan fingerprint density at radius 3 is 2.67 bits per heavy atom. The fourth-order valence-corrected chi connectivity index (χ4v) is 2.19. The second-order valence-electron chi connectivity index (χ2n) is 3.31. The predicted molar refractivity (Wildman–Crippen MR) is 57.0 cm³/mol. The molecule has 6 heteroatoms. The maximum atomic E-state index is 11.6. The molecule has 15 heavy (non-hydrogen) atoms. The summed E-state index contributed by atoms with van der Waals surface area (Å²) >= 11 is -1.07. The number of hydrogen-bond acceptors (Lipinski definition) is 4. The first-order valence-electron chi connectivity index (χ1n) is 5.05. The first-order chi connectivity index (χ1) is 7.24. The zero-order valence-corrected chi connectivity index (χ0v) is 9.50. The molecule has 88 valence electrons. The Hall–Kier alpha value is -0.300. The summed E-state index contributed by atoms with van der Waals surface area (Å²) in [5.74, 6) is 0.636. The predicted octanol–water partition coefficient (Wildman–Crippen LogP) is -1.02. The van der Waals surface area contributed by atoms with Gasteiger partial charge in [0.1, 0.15) is 11.5 Å². The molecule has 1 N–H and O–H groups in total. The van der Waals surface area contributed by atoms with Crippen LogP contribution in [0, 0.1) is 0 Å². The molecule has 0 saturated carbocycles. The first-order valence-corrected chi connectivity index (χ1v) is 6.54. The molecule has 1 saturated heterocycles. The van der Waals surface area contributed by atoms with E-state index in [0.29, 0.717) is 38.5 Å². The van der Waals surface area contributed by atoms with Gasteiger partial charge in [0.2, 0.25) is 5.91 Å². The highest BCUT2D eigenvalue weighted by molar-refractivity contribution is 7.91. The van der Waals surface area contributed by atoms with Crippen molar-refractivity contribution in [1.82, 2.24) is 4.90 Å². The van der Waals surface area contributed by atoms with E-state index in [2.05, 4.69) is 0 Å². The number of nitrogens with zero attached hydrogens (tertiary/aromatic N) is 1. The van der Waals surface area contributed by atoms with Crippen molar-refractivity contribution in [1.29, 1.82) is 0 Å². The van der Waals surface area contributed by atoms with Crippen LogP contribution in [0.25, 0.3) is 0 Å². The van der Waals surface area contributed by atoms with Gasteiger partial charge in [-0.1, -0.05) is 11.2 Å². The van der Waals surface area contributed by atoms with Crippen molar-refractivity contribution >= 4 is 17.1 Å². The topological polar surface area (TPSA) is 72.8 Å².